The summed E-state index contributed by atoms with van der Waals surface area (Å²) in [5, 5.41) is 0.742. The molecule has 0 fully saturated rings. The minimum absolute atomic E-state index is 0. The van der Waals surface area contributed by atoms with Crippen LogP contribution in [0.1, 0.15) is 30.9 Å². The largest absolute Gasteiger partial charge is 0.326 e. The smallest absolute Gasteiger partial charge is 0.0415 e. The minimum Gasteiger partial charge on any atom is -0.326 e. The van der Waals surface area contributed by atoms with Gasteiger partial charge in [-0.2, -0.15) is 0 Å². The zero-order chi connectivity index (χ0) is 13.1. The van der Waals surface area contributed by atoms with Crippen LogP contribution < -0.4 is 5.73 Å². The van der Waals surface area contributed by atoms with E-state index in [9.17, 15) is 0 Å². The predicted octanol–water partition coefficient (Wildman–Crippen LogP) is 5.01. The van der Waals surface area contributed by atoms with E-state index >= 15 is 0 Å². The fraction of sp³-hybridized carbons (Fsp3) is 0.250. The van der Waals surface area contributed by atoms with Gasteiger partial charge in [0.15, 0.2) is 0 Å². The monoisotopic (exact) mass is 295 g/mol. The Morgan fingerprint density at radius 3 is 2.42 bits per heavy atom. The third-order valence-electron chi connectivity index (χ3n) is 3.09. The lowest BCUT2D eigenvalue weighted by Crippen LogP contribution is -1.97. The molecule has 19 heavy (non-hydrogen) atoms. The van der Waals surface area contributed by atoms with Crippen LogP contribution in [0.25, 0.3) is 11.1 Å². The molecule has 0 spiro atoms. The van der Waals surface area contributed by atoms with Crippen molar-refractivity contribution >= 4 is 24.0 Å². The lowest BCUT2D eigenvalue weighted by Gasteiger charge is -2.14. The summed E-state index contributed by atoms with van der Waals surface area (Å²) in [6, 6.07) is 14.5. The lowest BCUT2D eigenvalue weighted by atomic mass is 9.92. The molecule has 0 heterocycles. The van der Waals surface area contributed by atoms with Gasteiger partial charge in [-0.25, -0.2) is 0 Å². The van der Waals surface area contributed by atoms with Crippen molar-refractivity contribution in [1.82, 2.24) is 0 Å². The van der Waals surface area contributed by atoms with Crippen molar-refractivity contribution in [3.63, 3.8) is 0 Å². The van der Waals surface area contributed by atoms with Gasteiger partial charge in [-0.3, -0.25) is 0 Å². The summed E-state index contributed by atoms with van der Waals surface area (Å²) in [7, 11) is 0. The molecule has 0 aliphatic carbocycles. The van der Waals surface area contributed by atoms with E-state index < -0.39 is 0 Å². The van der Waals surface area contributed by atoms with Crippen LogP contribution in [0, 0.1) is 0 Å². The van der Waals surface area contributed by atoms with Crippen LogP contribution in [-0.4, -0.2) is 0 Å². The first-order chi connectivity index (χ1) is 8.61. The molecular weight excluding hydrogens is 277 g/mol. The molecule has 0 unspecified atom stereocenters. The predicted molar refractivity (Wildman–Crippen MR) is 86.1 cm³/mol. The van der Waals surface area contributed by atoms with Gasteiger partial charge >= 0.3 is 0 Å². The van der Waals surface area contributed by atoms with Gasteiger partial charge < -0.3 is 5.73 Å². The van der Waals surface area contributed by atoms with E-state index in [1.54, 1.807) is 0 Å². The van der Waals surface area contributed by atoms with Crippen LogP contribution in [0.2, 0.25) is 5.02 Å². The van der Waals surface area contributed by atoms with Gasteiger partial charge in [0.05, 0.1) is 0 Å². The first-order valence-electron chi connectivity index (χ1n) is 6.20. The van der Waals surface area contributed by atoms with E-state index in [0.29, 0.717) is 12.5 Å². The molecule has 2 N–H and O–H groups in total. The summed E-state index contributed by atoms with van der Waals surface area (Å²) >= 11 is 6.16. The second-order valence-electron chi connectivity index (χ2n) is 4.79. The number of halogens is 2. The Morgan fingerprint density at radius 2 is 1.79 bits per heavy atom. The van der Waals surface area contributed by atoms with Gasteiger partial charge in [0.25, 0.3) is 0 Å². The third kappa shape index (κ3) is 3.73. The van der Waals surface area contributed by atoms with Gasteiger partial charge in [0.2, 0.25) is 0 Å². The standard InChI is InChI=1S/C16H18ClN.ClH/c1-11(2)15-5-3-4-6-16(15)13-7-12(10-18)8-14(17)9-13;/h3-9,11H,10,18H2,1-2H3;1H. The van der Waals surface area contributed by atoms with Crippen molar-refractivity contribution in [3.05, 3.63) is 58.6 Å². The van der Waals surface area contributed by atoms with E-state index in [0.717, 1.165) is 16.1 Å². The van der Waals surface area contributed by atoms with Crippen molar-refractivity contribution in [1.29, 1.82) is 0 Å². The normalized spacial score (nSPS) is 10.4. The quantitative estimate of drug-likeness (QED) is 0.846. The molecule has 102 valence electrons. The van der Waals surface area contributed by atoms with Gasteiger partial charge in [-0.1, -0.05) is 49.7 Å². The maximum atomic E-state index is 6.16. The van der Waals surface area contributed by atoms with Crippen LogP contribution >= 0.6 is 24.0 Å². The highest BCUT2D eigenvalue weighted by atomic mass is 35.5. The average molecular weight is 296 g/mol. The molecule has 2 aromatic carbocycles. The molecule has 0 atom stereocenters. The SMILES string of the molecule is CC(C)c1ccccc1-c1cc(Cl)cc(CN)c1.Cl. The van der Waals surface area contributed by atoms with E-state index in [2.05, 4.69) is 44.2 Å². The fourth-order valence-corrected chi connectivity index (χ4v) is 2.44. The molecule has 0 aromatic heterocycles. The van der Waals surface area contributed by atoms with E-state index in [1.807, 2.05) is 12.1 Å². The second kappa shape index (κ2) is 6.95. The number of rotatable bonds is 3. The maximum absolute atomic E-state index is 6.16. The molecule has 1 nitrogen and oxygen atoms in total. The van der Waals surface area contributed by atoms with Crippen LogP contribution in [0.4, 0.5) is 0 Å². The summed E-state index contributed by atoms with van der Waals surface area (Å²) in [4.78, 5) is 0. The van der Waals surface area contributed by atoms with Crippen molar-refractivity contribution in [2.24, 2.45) is 5.73 Å². The van der Waals surface area contributed by atoms with E-state index in [-0.39, 0.29) is 12.4 Å². The highest BCUT2D eigenvalue weighted by molar-refractivity contribution is 6.31. The Labute approximate surface area is 126 Å². The second-order valence-corrected chi connectivity index (χ2v) is 5.23. The summed E-state index contributed by atoms with van der Waals surface area (Å²) in [5.74, 6) is 0.488. The molecule has 0 saturated heterocycles. The Morgan fingerprint density at radius 1 is 1.11 bits per heavy atom. The van der Waals surface area contributed by atoms with Gasteiger partial charge in [0, 0.05) is 11.6 Å². The Balaban J connectivity index is 0.00000180. The zero-order valence-electron chi connectivity index (χ0n) is 11.2. The molecule has 0 saturated carbocycles. The molecule has 0 aliphatic heterocycles. The molecule has 0 bridgehead atoms. The van der Waals surface area contributed by atoms with Crippen LogP contribution in [-0.2, 0) is 6.54 Å². The van der Waals surface area contributed by atoms with Crippen LogP contribution in [0.15, 0.2) is 42.5 Å². The summed E-state index contributed by atoms with van der Waals surface area (Å²) in [6.45, 7) is 4.91. The average Bonchev–Trinajstić information content (AvgIpc) is 2.38. The third-order valence-corrected chi connectivity index (χ3v) is 3.31. The van der Waals surface area contributed by atoms with Gasteiger partial charge in [-0.05, 0) is 46.4 Å². The molecule has 0 radical (unpaired) electrons. The van der Waals surface area contributed by atoms with Crippen LogP contribution in [0.3, 0.4) is 0 Å². The first kappa shape index (κ1) is 16.0. The Kier molecular flexibility index (Phi) is 5.86. The van der Waals surface area contributed by atoms with Crippen LogP contribution in [0.5, 0.6) is 0 Å². The van der Waals surface area contributed by atoms with Gasteiger partial charge in [-0.15, -0.1) is 12.4 Å². The zero-order valence-corrected chi connectivity index (χ0v) is 12.8. The summed E-state index contributed by atoms with van der Waals surface area (Å²) in [6.07, 6.45) is 0. The van der Waals surface area contributed by atoms with Crippen molar-refractivity contribution < 1.29 is 0 Å². The number of benzene rings is 2. The maximum Gasteiger partial charge on any atom is 0.0415 e. The van der Waals surface area contributed by atoms with E-state index in [4.69, 9.17) is 17.3 Å². The molecule has 2 rings (SSSR count). The summed E-state index contributed by atoms with van der Waals surface area (Å²) < 4.78 is 0. The molecule has 0 amide bonds. The number of nitrogens with two attached hydrogens (primary N) is 1. The summed E-state index contributed by atoms with van der Waals surface area (Å²) in [5.41, 5.74) is 10.5. The fourth-order valence-electron chi connectivity index (χ4n) is 2.19. The molecule has 2 aromatic rings. The first-order valence-corrected chi connectivity index (χ1v) is 6.58. The molecule has 3 heteroatoms. The highest BCUT2D eigenvalue weighted by Crippen LogP contribution is 2.31. The van der Waals surface area contributed by atoms with E-state index in [1.165, 1.54) is 11.1 Å². The number of hydrogen-bond donors (Lipinski definition) is 1. The highest BCUT2D eigenvalue weighted by Gasteiger charge is 2.09. The topological polar surface area (TPSA) is 26.0 Å². The Bertz CT molecular complexity index is 550. The Hall–Kier alpha value is -1.02. The van der Waals surface area contributed by atoms with Crippen molar-refractivity contribution in [2.75, 3.05) is 0 Å². The molecule has 0 aliphatic rings. The van der Waals surface area contributed by atoms with Gasteiger partial charge in [0.1, 0.15) is 0 Å². The molecular formula is C16H19Cl2N. The lowest BCUT2D eigenvalue weighted by molar-refractivity contribution is 0.869. The van der Waals surface area contributed by atoms with Crippen molar-refractivity contribution in [3.8, 4) is 11.1 Å². The van der Waals surface area contributed by atoms with Crippen molar-refractivity contribution in [2.45, 2.75) is 26.3 Å². The number of hydrogen-bond acceptors (Lipinski definition) is 1. The minimum atomic E-state index is 0.